The molecule has 1 aliphatic carbocycles. The van der Waals surface area contributed by atoms with E-state index >= 15 is 0 Å². The molecular weight excluding hydrogens is 360 g/mol. The van der Waals surface area contributed by atoms with Gasteiger partial charge in [-0.15, -0.1) is 0 Å². The zero-order valence-electron chi connectivity index (χ0n) is 17.2. The highest BCUT2D eigenvalue weighted by Crippen LogP contribution is 2.45. The molecule has 0 unspecified atom stereocenters. The number of aliphatic hydroxyl groups is 1. The molecule has 0 spiro atoms. The minimum absolute atomic E-state index is 0.0824. The van der Waals surface area contributed by atoms with Crippen LogP contribution in [0.25, 0.3) is 0 Å². The molecule has 1 saturated heterocycles. The first-order valence-electron chi connectivity index (χ1n) is 10.6. The fourth-order valence-corrected chi connectivity index (χ4v) is 4.49. The average molecular weight is 395 g/mol. The number of nitrogens with zero attached hydrogens (tertiary/aromatic N) is 1. The number of hydrogen-bond donors (Lipinski definition) is 2. The van der Waals surface area contributed by atoms with E-state index in [9.17, 15) is 19.5 Å². The van der Waals surface area contributed by atoms with E-state index in [1.807, 2.05) is 19.1 Å². The Morgan fingerprint density at radius 2 is 1.96 bits per heavy atom. The van der Waals surface area contributed by atoms with Gasteiger partial charge in [0.2, 0.25) is 11.8 Å². The fraction of sp³-hybridized carbons (Fsp3) is 0.762. The molecule has 0 aromatic rings. The van der Waals surface area contributed by atoms with Crippen LogP contribution in [0.15, 0.2) is 12.2 Å². The molecule has 2 amide bonds. The molecule has 0 radical (unpaired) electrons. The van der Waals surface area contributed by atoms with Crippen LogP contribution < -0.4 is 5.32 Å². The monoisotopic (exact) mass is 394 g/mol. The van der Waals surface area contributed by atoms with Gasteiger partial charge in [-0.1, -0.05) is 38.8 Å². The van der Waals surface area contributed by atoms with Gasteiger partial charge in [-0.3, -0.25) is 14.4 Å². The highest BCUT2D eigenvalue weighted by Gasteiger charge is 2.57. The highest BCUT2D eigenvalue weighted by atomic mass is 16.5. The molecule has 2 aliphatic rings. The fourth-order valence-electron chi connectivity index (χ4n) is 4.49. The number of ether oxygens (including phenoxy) is 1. The van der Waals surface area contributed by atoms with E-state index in [0.717, 1.165) is 19.3 Å². The van der Waals surface area contributed by atoms with Crippen molar-refractivity contribution in [2.24, 2.45) is 23.7 Å². The first-order chi connectivity index (χ1) is 13.5. The van der Waals surface area contributed by atoms with Gasteiger partial charge < -0.3 is 20.1 Å². The molecule has 1 heterocycles. The Morgan fingerprint density at radius 1 is 1.21 bits per heavy atom. The van der Waals surface area contributed by atoms with Crippen LogP contribution in [0.1, 0.15) is 46.5 Å². The molecule has 1 aliphatic heterocycles. The predicted octanol–water partition coefficient (Wildman–Crippen LogP) is 1.50. The van der Waals surface area contributed by atoms with Crippen molar-refractivity contribution in [3.8, 4) is 0 Å². The number of hydrogen-bond acceptors (Lipinski definition) is 5. The number of aliphatic hydroxyl groups excluding tert-OH is 1. The summed E-state index contributed by atoms with van der Waals surface area (Å²) in [6.45, 7) is 6.49. The summed E-state index contributed by atoms with van der Waals surface area (Å²) in [7, 11) is 0. The third-order valence-electron chi connectivity index (χ3n) is 5.83. The number of amides is 2. The second kappa shape index (κ2) is 10.6. The molecule has 0 aromatic heterocycles. The third-order valence-corrected chi connectivity index (χ3v) is 5.83. The van der Waals surface area contributed by atoms with Crippen molar-refractivity contribution in [2.45, 2.75) is 52.5 Å². The zero-order valence-corrected chi connectivity index (χ0v) is 17.2. The molecule has 2 rings (SSSR count). The van der Waals surface area contributed by atoms with Gasteiger partial charge in [0, 0.05) is 19.0 Å². The zero-order chi connectivity index (χ0) is 20.7. The normalized spacial score (nSPS) is 28.9. The molecule has 0 aromatic carbocycles. The summed E-state index contributed by atoms with van der Waals surface area (Å²) in [6.07, 6.45) is 7.55. The molecule has 5 atom stereocenters. The molecule has 2 N–H and O–H groups in total. The number of β-amino-alcohol motifs (C(OH)–C–C–N with tert-alkyl or cyclic N) is 1. The maximum atomic E-state index is 13.2. The van der Waals surface area contributed by atoms with E-state index in [-0.39, 0.29) is 49.4 Å². The number of rotatable bonds is 10. The molecule has 0 saturated carbocycles. The standard InChI is InChI=1S/C21H34N2O5/c1-4-7-8-11-22-19(25)18-15-10-9-14(5-2)16(21(27)28-6-3)17(15)20(26)23(18)12-13-24/h9-10,14-18,24H,4-8,11-13H2,1-3H3,(H,22,25)/t14-,15+,16-,17-,18+/m1/s1. The van der Waals surface area contributed by atoms with Gasteiger partial charge in [-0.2, -0.15) is 0 Å². The molecule has 0 bridgehead atoms. The predicted molar refractivity (Wildman–Crippen MR) is 105 cm³/mol. The summed E-state index contributed by atoms with van der Waals surface area (Å²) in [5.41, 5.74) is 0. The number of likely N-dealkylation sites (tertiary alicyclic amines) is 1. The SMILES string of the molecule is CCCCCNC(=O)[C@@H]1[C@H]2C=C[C@@H](CC)[C@@H](C(=O)OCC)[C@@H]2C(=O)N1CCO. The lowest BCUT2D eigenvalue weighted by Gasteiger charge is -2.33. The summed E-state index contributed by atoms with van der Waals surface area (Å²) in [4.78, 5) is 40.2. The molecule has 158 valence electrons. The Bertz CT molecular complexity index is 591. The smallest absolute Gasteiger partial charge is 0.310 e. The topological polar surface area (TPSA) is 95.9 Å². The summed E-state index contributed by atoms with van der Waals surface area (Å²) < 4.78 is 5.26. The van der Waals surface area contributed by atoms with Crippen LogP contribution in [0.2, 0.25) is 0 Å². The summed E-state index contributed by atoms with van der Waals surface area (Å²) in [6, 6.07) is -0.697. The minimum atomic E-state index is -0.697. The number of carbonyl (C=O) groups is 3. The van der Waals surface area contributed by atoms with Crippen LogP contribution in [-0.2, 0) is 19.1 Å². The maximum absolute atomic E-state index is 13.2. The Labute approximate surface area is 167 Å². The Kier molecular flexibility index (Phi) is 8.48. The van der Waals surface area contributed by atoms with Gasteiger partial charge in [0.15, 0.2) is 0 Å². The molecular formula is C21H34N2O5. The van der Waals surface area contributed by atoms with Crippen molar-refractivity contribution in [3.63, 3.8) is 0 Å². The van der Waals surface area contributed by atoms with Crippen LogP contribution in [0, 0.1) is 23.7 Å². The second-order valence-electron chi connectivity index (χ2n) is 7.54. The van der Waals surface area contributed by atoms with E-state index in [0.29, 0.717) is 13.0 Å². The minimum Gasteiger partial charge on any atom is -0.466 e. The van der Waals surface area contributed by atoms with Crippen LogP contribution in [0.4, 0.5) is 0 Å². The highest BCUT2D eigenvalue weighted by molar-refractivity contribution is 5.96. The van der Waals surface area contributed by atoms with Gasteiger partial charge >= 0.3 is 5.97 Å². The Hall–Kier alpha value is -1.89. The van der Waals surface area contributed by atoms with Crippen molar-refractivity contribution in [2.75, 3.05) is 26.3 Å². The summed E-state index contributed by atoms with van der Waals surface area (Å²) >= 11 is 0. The average Bonchev–Trinajstić information content (AvgIpc) is 2.97. The van der Waals surface area contributed by atoms with Crippen molar-refractivity contribution < 1.29 is 24.2 Å². The van der Waals surface area contributed by atoms with Gasteiger partial charge in [-0.25, -0.2) is 0 Å². The number of allylic oxidation sites excluding steroid dienone is 1. The van der Waals surface area contributed by atoms with Crippen molar-refractivity contribution in [3.05, 3.63) is 12.2 Å². The van der Waals surface area contributed by atoms with Crippen LogP contribution in [0.3, 0.4) is 0 Å². The molecule has 7 nitrogen and oxygen atoms in total. The Balaban J connectivity index is 2.29. The van der Waals surface area contributed by atoms with Gasteiger partial charge in [0.25, 0.3) is 0 Å². The maximum Gasteiger partial charge on any atom is 0.310 e. The number of nitrogens with one attached hydrogen (secondary N) is 1. The third kappa shape index (κ3) is 4.57. The number of fused-ring (bicyclic) bond motifs is 1. The van der Waals surface area contributed by atoms with E-state index in [4.69, 9.17) is 4.74 Å². The summed E-state index contributed by atoms with van der Waals surface area (Å²) in [5, 5.41) is 12.4. The lowest BCUT2D eigenvalue weighted by Crippen LogP contribution is -2.48. The Morgan fingerprint density at radius 3 is 2.57 bits per heavy atom. The van der Waals surface area contributed by atoms with Crippen molar-refractivity contribution in [1.29, 1.82) is 0 Å². The van der Waals surface area contributed by atoms with Gasteiger partial charge in [-0.05, 0) is 25.7 Å². The number of carbonyl (C=O) groups excluding carboxylic acids is 3. The van der Waals surface area contributed by atoms with Gasteiger partial charge in [0.1, 0.15) is 6.04 Å². The number of esters is 1. The van der Waals surface area contributed by atoms with E-state index in [1.54, 1.807) is 6.92 Å². The molecule has 7 heteroatoms. The lowest BCUT2D eigenvalue weighted by molar-refractivity contribution is -0.155. The number of unbranched alkanes of at least 4 members (excludes halogenated alkanes) is 2. The van der Waals surface area contributed by atoms with Crippen LogP contribution >= 0.6 is 0 Å². The van der Waals surface area contributed by atoms with Gasteiger partial charge in [0.05, 0.1) is 25.0 Å². The van der Waals surface area contributed by atoms with Crippen LogP contribution in [0.5, 0.6) is 0 Å². The summed E-state index contributed by atoms with van der Waals surface area (Å²) in [5.74, 6) is -2.52. The molecule has 1 fully saturated rings. The lowest BCUT2D eigenvalue weighted by atomic mass is 9.69. The van der Waals surface area contributed by atoms with E-state index in [1.165, 1.54) is 4.90 Å². The first kappa shape index (κ1) is 22.4. The van der Waals surface area contributed by atoms with E-state index < -0.39 is 17.9 Å². The van der Waals surface area contributed by atoms with Crippen LogP contribution in [-0.4, -0.2) is 60.1 Å². The van der Waals surface area contributed by atoms with Crippen molar-refractivity contribution >= 4 is 17.8 Å². The van der Waals surface area contributed by atoms with E-state index in [2.05, 4.69) is 12.2 Å². The second-order valence-corrected chi connectivity index (χ2v) is 7.54. The largest absolute Gasteiger partial charge is 0.466 e. The quantitative estimate of drug-likeness (QED) is 0.333. The first-order valence-corrected chi connectivity index (χ1v) is 10.6. The van der Waals surface area contributed by atoms with Crippen molar-refractivity contribution in [1.82, 2.24) is 10.2 Å². The molecule has 28 heavy (non-hydrogen) atoms.